The third kappa shape index (κ3) is 6.86. The first-order valence-corrected chi connectivity index (χ1v) is 11.2. The molecule has 2 saturated heterocycles. The highest BCUT2D eigenvalue weighted by Crippen LogP contribution is 2.16. The van der Waals surface area contributed by atoms with Gasteiger partial charge in [0, 0.05) is 77.6 Å². The van der Waals surface area contributed by atoms with E-state index in [4.69, 9.17) is 0 Å². The van der Waals surface area contributed by atoms with Crippen LogP contribution in [-0.4, -0.2) is 87.1 Å². The molecular weight excluding hydrogens is 383 g/mol. The van der Waals surface area contributed by atoms with Gasteiger partial charge in [-0.25, -0.2) is 4.39 Å². The highest BCUT2D eigenvalue weighted by atomic mass is 19.1. The number of nitrogens with zero attached hydrogens (tertiary/aromatic N) is 4. The number of hydrogen-bond donors (Lipinski definition) is 2. The zero-order valence-corrected chi connectivity index (χ0v) is 18.1. The minimum Gasteiger partial charge on any atom is -0.369 e. The minimum atomic E-state index is -0.189. The molecule has 2 aliphatic rings. The predicted octanol–water partition coefficient (Wildman–Crippen LogP) is 1.52. The van der Waals surface area contributed by atoms with E-state index in [0.717, 1.165) is 89.9 Å². The van der Waals surface area contributed by atoms with Gasteiger partial charge in [-0.15, -0.1) is 0 Å². The van der Waals surface area contributed by atoms with Crippen molar-refractivity contribution >= 4 is 17.6 Å². The summed E-state index contributed by atoms with van der Waals surface area (Å²) in [6, 6.07) is 6.75. The predicted molar refractivity (Wildman–Crippen MR) is 119 cm³/mol. The molecule has 0 saturated carbocycles. The Balaban J connectivity index is 1.33. The fourth-order valence-corrected chi connectivity index (χ4v) is 3.95. The van der Waals surface area contributed by atoms with Crippen LogP contribution in [0.4, 0.5) is 10.1 Å². The molecule has 2 heterocycles. The number of benzene rings is 1. The SMILES string of the molecule is CCNC(=NCCCN1CCCC1=O)NCCN1CCN(c2ccc(F)cc2)CC1. The lowest BCUT2D eigenvalue weighted by molar-refractivity contribution is -0.127. The summed E-state index contributed by atoms with van der Waals surface area (Å²) in [4.78, 5) is 23.0. The van der Waals surface area contributed by atoms with E-state index in [-0.39, 0.29) is 11.7 Å². The van der Waals surface area contributed by atoms with Crippen molar-refractivity contribution in [3.8, 4) is 0 Å². The molecule has 30 heavy (non-hydrogen) atoms. The van der Waals surface area contributed by atoms with Gasteiger partial charge in [-0.2, -0.15) is 0 Å². The third-order valence-corrected chi connectivity index (χ3v) is 5.66. The normalized spacial score (nSPS) is 18.2. The van der Waals surface area contributed by atoms with Gasteiger partial charge in [-0.1, -0.05) is 0 Å². The summed E-state index contributed by atoms with van der Waals surface area (Å²) in [5.41, 5.74) is 1.09. The molecule has 0 bridgehead atoms. The average molecular weight is 419 g/mol. The summed E-state index contributed by atoms with van der Waals surface area (Å²) >= 11 is 0. The first-order valence-electron chi connectivity index (χ1n) is 11.2. The van der Waals surface area contributed by atoms with Crippen molar-refractivity contribution in [2.75, 3.05) is 70.3 Å². The fourth-order valence-electron chi connectivity index (χ4n) is 3.95. The number of piperazine rings is 1. The van der Waals surface area contributed by atoms with Crippen molar-refractivity contribution in [2.45, 2.75) is 26.2 Å². The van der Waals surface area contributed by atoms with Crippen molar-refractivity contribution in [2.24, 2.45) is 4.99 Å². The van der Waals surface area contributed by atoms with Crippen LogP contribution in [0.3, 0.4) is 0 Å². The van der Waals surface area contributed by atoms with Crippen molar-refractivity contribution < 1.29 is 9.18 Å². The number of carbonyl (C=O) groups excluding carboxylic acids is 1. The molecule has 3 rings (SSSR count). The fraction of sp³-hybridized carbons (Fsp3) is 0.636. The highest BCUT2D eigenvalue weighted by molar-refractivity contribution is 5.79. The van der Waals surface area contributed by atoms with Crippen LogP contribution >= 0.6 is 0 Å². The monoisotopic (exact) mass is 418 g/mol. The molecule has 166 valence electrons. The average Bonchev–Trinajstić information content (AvgIpc) is 3.17. The Morgan fingerprint density at radius 2 is 1.83 bits per heavy atom. The highest BCUT2D eigenvalue weighted by Gasteiger charge is 2.19. The van der Waals surface area contributed by atoms with Gasteiger partial charge in [0.2, 0.25) is 5.91 Å². The Bertz CT molecular complexity index is 687. The molecule has 8 heteroatoms. The zero-order chi connectivity index (χ0) is 21.2. The van der Waals surface area contributed by atoms with E-state index in [1.165, 1.54) is 12.1 Å². The number of likely N-dealkylation sites (tertiary alicyclic amines) is 1. The van der Waals surface area contributed by atoms with Crippen molar-refractivity contribution in [1.82, 2.24) is 20.4 Å². The maximum absolute atomic E-state index is 13.1. The summed E-state index contributed by atoms with van der Waals surface area (Å²) in [6.45, 7) is 11.0. The molecule has 2 N–H and O–H groups in total. The third-order valence-electron chi connectivity index (χ3n) is 5.66. The van der Waals surface area contributed by atoms with Gasteiger partial charge in [0.25, 0.3) is 0 Å². The van der Waals surface area contributed by atoms with Gasteiger partial charge in [-0.3, -0.25) is 14.7 Å². The van der Waals surface area contributed by atoms with Crippen LogP contribution in [0.15, 0.2) is 29.3 Å². The van der Waals surface area contributed by atoms with E-state index in [1.807, 2.05) is 17.0 Å². The lowest BCUT2D eigenvalue weighted by Crippen LogP contribution is -2.49. The number of anilines is 1. The lowest BCUT2D eigenvalue weighted by Gasteiger charge is -2.36. The molecule has 1 amide bonds. The standard InChI is InChI=1S/C22H35FN6O/c1-2-24-22(25-10-4-13-29-12-3-5-21(29)30)26-11-14-27-15-17-28(18-16-27)20-8-6-19(23)7-9-20/h6-9H,2-5,10-18H2,1H3,(H2,24,25,26). The molecule has 1 aromatic rings. The van der Waals surface area contributed by atoms with Crippen molar-refractivity contribution in [3.63, 3.8) is 0 Å². The van der Waals surface area contributed by atoms with E-state index >= 15 is 0 Å². The van der Waals surface area contributed by atoms with Gasteiger partial charge in [-0.05, 0) is 44.0 Å². The van der Waals surface area contributed by atoms with Crippen molar-refractivity contribution in [3.05, 3.63) is 30.1 Å². The number of amides is 1. The molecule has 0 atom stereocenters. The second kappa shape index (κ2) is 11.7. The Morgan fingerprint density at radius 1 is 1.07 bits per heavy atom. The smallest absolute Gasteiger partial charge is 0.222 e. The molecule has 2 aliphatic heterocycles. The summed E-state index contributed by atoms with van der Waals surface area (Å²) in [5, 5.41) is 6.71. The lowest BCUT2D eigenvalue weighted by atomic mass is 10.2. The molecule has 0 spiro atoms. The number of rotatable bonds is 9. The van der Waals surface area contributed by atoms with E-state index in [2.05, 4.69) is 32.3 Å². The van der Waals surface area contributed by atoms with E-state index in [0.29, 0.717) is 6.42 Å². The number of halogens is 1. The van der Waals surface area contributed by atoms with E-state index < -0.39 is 0 Å². The van der Waals surface area contributed by atoms with Crippen molar-refractivity contribution in [1.29, 1.82) is 0 Å². The largest absolute Gasteiger partial charge is 0.369 e. The number of aliphatic imine (C=N–C) groups is 1. The number of carbonyl (C=O) groups is 1. The molecule has 0 unspecified atom stereocenters. The van der Waals surface area contributed by atoms with E-state index in [1.54, 1.807) is 0 Å². The van der Waals surface area contributed by atoms with Gasteiger partial charge < -0.3 is 20.4 Å². The van der Waals surface area contributed by atoms with Gasteiger partial charge in [0.15, 0.2) is 5.96 Å². The zero-order valence-electron chi connectivity index (χ0n) is 18.1. The molecule has 0 aliphatic carbocycles. The summed E-state index contributed by atoms with van der Waals surface area (Å²) < 4.78 is 13.1. The first kappa shape index (κ1) is 22.3. The number of hydrogen-bond acceptors (Lipinski definition) is 4. The quantitative estimate of drug-likeness (QED) is 0.362. The Kier molecular flexibility index (Phi) is 8.74. The van der Waals surface area contributed by atoms with Crippen LogP contribution in [0.5, 0.6) is 0 Å². The second-order valence-corrected chi connectivity index (χ2v) is 7.83. The summed E-state index contributed by atoms with van der Waals surface area (Å²) in [7, 11) is 0. The maximum Gasteiger partial charge on any atom is 0.222 e. The molecule has 0 radical (unpaired) electrons. The van der Waals surface area contributed by atoms with Crippen LogP contribution in [-0.2, 0) is 4.79 Å². The summed E-state index contributed by atoms with van der Waals surface area (Å²) in [5.74, 6) is 0.935. The Labute approximate surface area is 179 Å². The summed E-state index contributed by atoms with van der Waals surface area (Å²) in [6.07, 6.45) is 2.59. The molecular formula is C22H35FN6O. The molecule has 0 aromatic heterocycles. The van der Waals surface area contributed by atoms with Crippen LogP contribution in [0.1, 0.15) is 26.2 Å². The first-order chi connectivity index (χ1) is 14.7. The van der Waals surface area contributed by atoms with Crippen LogP contribution < -0.4 is 15.5 Å². The van der Waals surface area contributed by atoms with E-state index in [9.17, 15) is 9.18 Å². The van der Waals surface area contributed by atoms with Gasteiger partial charge in [0.1, 0.15) is 5.82 Å². The molecule has 7 nitrogen and oxygen atoms in total. The number of guanidine groups is 1. The van der Waals surface area contributed by atoms with Gasteiger partial charge in [0.05, 0.1) is 0 Å². The van der Waals surface area contributed by atoms with Crippen LogP contribution in [0.2, 0.25) is 0 Å². The van der Waals surface area contributed by atoms with Gasteiger partial charge >= 0.3 is 0 Å². The maximum atomic E-state index is 13.1. The molecule has 1 aromatic carbocycles. The number of nitrogens with one attached hydrogen (secondary N) is 2. The Morgan fingerprint density at radius 3 is 2.50 bits per heavy atom. The topological polar surface area (TPSA) is 63.2 Å². The second-order valence-electron chi connectivity index (χ2n) is 7.83. The van der Waals surface area contributed by atoms with Crippen LogP contribution in [0, 0.1) is 5.82 Å². The minimum absolute atomic E-state index is 0.189. The van der Waals surface area contributed by atoms with Crippen LogP contribution in [0.25, 0.3) is 0 Å². The molecule has 2 fully saturated rings. The Hall–Kier alpha value is -2.35.